The molecule has 0 amide bonds. The van der Waals surface area contributed by atoms with E-state index in [0.29, 0.717) is 36.1 Å². The van der Waals surface area contributed by atoms with Gasteiger partial charge in [0.15, 0.2) is 0 Å². The minimum Gasteiger partial charge on any atom is -0.406 e. The van der Waals surface area contributed by atoms with Crippen LogP contribution in [0.2, 0.25) is 0 Å². The van der Waals surface area contributed by atoms with Crippen LogP contribution in [-0.2, 0) is 6.42 Å². The van der Waals surface area contributed by atoms with Crippen LogP contribution in [-0.4, -0.2) is 55.0 Å². The first-order valence-electron chi connectivity index (χ1n) is 10.7. The van der Waals surface area contributed by atoms with E-state index in [4.69, 9.17) is 0 Å². The molecular formula is C24H28F3N5O. The van der Waals surface area contributed by atoms with Gasteiger partial charge in [-0.15, -0.1) is 13.2 Å². The van der Waals surface area contributed by atoms with Gasteiger partial charge in [0, 0.05) is 24.7 Å². The van der Waals surface area contributed by atoms with Gasteiger partial charge in [0.05, 0.1) is 5.69 Å². The average Bonchev–Trinajstić information content (AvgIpc) is 2.76. The lowest BCUT2D eigenvalue weighted by molar-refractivity contribution is -0.274. The Morgan fingerprint density at radius 3 is 2.42 bits per heavy atom. The van der Waals surface area contributed by atoms with Crippen LogP contribution in [0.25, 0.3) is 11.3 Å². The van der Waals surface area contributed by atoms with Gasteiger partial charge in [-0.2, -0.15) is 4.98 Å². The molecule has 1 aromatic heterocycles. The topological polar surface area (TPSA) is 62.3 Å². The fourth-order valence-electron chi connectivity index (χ4n) is 3.19. The van der Waals surface area contributed by atoms with Crippen molar-refractivity contribution in [2.24, 2.45) is 0 Å². The maximum absolute atomic E-state index is 12.6. The fourth-order valence-corrected chi connectivity index (χ4v) is 3.19. The number of nitrogens with one attached hydrogen (secondary N) is 2. The highest BCUT2D eigenvalue weighted by atomic mass is 19.4. The van der Waals surface area contributed by atoms with Gasteiger partial charge in [-0.25, -0.2) is 4.98 Å². The zero-order valence-electron chi connectivity index (χ0n) is 18.7. The molecule has 0 bridgehead atoms. The summed E-state index contributed by atoms with van der Waals surface area (Å²) in [5, 5.41) is 6.51. The number of rotatable bonds is 11. The highest BCUT2D eigenvalue weighted by Crippen LogP contribution is 2.28. The molecule has 6 nitrogen and oxygen atoms in total. The summed E-state index contributed by atoms with van der Waals surface area (Å²) in [5.41, 5.74) is 2.19. The lowest BCUT2D eigenvalue weighted by Crippen LogP contribution is -2.17. The molecule has 3 rings (SSSR count). The fraction of sp³-hybridized carbons (Fsp3) is 0.333. The normalized spacial score (nSPS) is 11.5. The van der Waals surface area contributed by atoms with Crippen molar-refractivity contribution in [3.63, 3.8) is 0 Å². The quantitative estimate of drug-likeness (QED) is 0.391. The van der Waals surface area contributed by atoms with Crippen LogP contribution in [0, 0.1) is 0 Å². The summed E-state index contributed by atoms with van der Waals surface area (Å²) < 4.78 is 42.0. The molecule has 0 aliphatic heterocycles. The number of anilines is 2. The van der Waals surface area contributed by atoms with E-state index in [-0.39, 0.29) is 5.75 Å². The molecule has 0 unspecified atom stereocenters. The molecule has 0 aliphatic carbocycles. The van der Waals surface area contributed by atoms with Crippen molar-refractivity contribution in [3.05, 3.63) is 66.2 Å². The summed E-state index contributed by atoms with van der Waals surface area (Å²) in [6, 6.07) is 17.6. The van der Waals surface area contributed by atoms with E-state index >= 15 is 0 Å². The van der Waals surface area contributed by atoms with Crippen molar-refractivity contribution in [1.82, 2.24) is 14.9 Å². The van der Waals surface area contributed by atoms with E-state index in [9.17, 15) is 13.2 Å². The molecule has 0 fully saturated rings. The van der Waals surface area contributed by atoms with Crippen molar-refractivity contribution in [2.45, 2.75) is 19.2 Å². The second-order valence-corrected chi connectivity index (χ2v) is 7.78. The Morgan fingerprint density at radius 2 is 1.70 bits per heavy atom. The number of hydrogen-bond acceptors (Lipinski definition) is 6. The summed E-state index contributed by atoms with van der Waals surface area (Å²) in [6.07, 6.45) is -3.06. The van der Waals surface area contributed by atoms with Gasteiger partial charge in [0.1, 0.15) is 11.6 Å². The van der Waals surface area contributed by atoms with Crippen LogP contribution < -0.4 is 15.4 Å². The zero-order chi connectivity index (χ0) is 23.7. The minimum absolute atomic E-state index is 0.294. The van der Waals surface area contributed by atoms with Crippen LogP contribution >= 0.6 is 0 Å². The van der Waals surface area contributed by atoms with Gasteiger partial charge in [0.2, 0.25) is 5.95 Å². The Balaban J connectivity index is 1.78. The Hall–Kier alpha value is -3.33. The second-order valence-electron chi connectivity index (χ2n) is 7.78. The van der Waals surface area contributed by atoms with Crippen molar-refractivity contribution in [3.8, 4) is 17.0 Å². The summed E-state index contributed by atoms with van der Waals surface area (Å²) in [7, 11) is 4.00. The first kappa shape index (κ1) is 24.3. The molecule has 2 aromatic carbocycles. The third-order valence-corrected chi connectivity index (χ3v) is 4.72. The van der Waals surface area contributed by atoms with Gasteiger partial charge in [-0.1, -0.05) is 42.5 Å². The molecular weight excluding hydrogens is 431 g/mol. The standard InChI is InChI=1S/C24H28F3N5O/c1-32(2)15-7-13-29-23-30-21(19-10-6-11-20(16-19)33-24(25,26)27)17-22(31-23)28-14-12-18-8-4-3-5-9-18/h3-6,8-11,16-17H,7,12-15H2,1-2H3,(H2,28,29,30,31). The molecule has 0 aliphatic rings. The van der Waals surface area contributed by atoms with Gasteiger partial charge >= 0.3 is 6.36 Å². The first-order chi connectivity index (χ1) is 15.8. The van der Waals surface area contributed by atoms with Gasteiger partial charge < -0.3 is 20.3 Å². The Kier molecular flexibility index (Phi) is 8.48. The van der Waals surface area contributed by atoms with Crippen molar-refractivity contribution >= 4 is 11.8 Å². The number of halogens is 3. The summed E-state index contributed by atoms with van der Waals surface area (Å²) in [5.74, 6) is 0.710. The number of nitrogens with zero attached hydrogens (tertiary/aromatic N) is 3. The number of alkyl halides is 3. The molecule has 176 valence electrons. The molecule has 0 radical (unpaired) electrons. The summed E-state index contributed by atoms with van der Waals surface area (Å²) in [6.45, 7) is 2.23. The van der Waals surface area contributed by atoms with E-state index in [1.165, 1.54) is 23.8 Å². The molecule has 0 saturated carbocycles. The van der Waals surface area contributed by atoms with Crippen LogP contribution in [0.3, 0.4) is 0 Å². The maximum atomic E-state index is 12.6. The summed E-state index contributed by atoms with van der Waals surface area (Å²) in [4.78, 5) is 11.1. The number of benzene rings is 2. The monoisotopic (exact) mass is 459 g/mol. The van der Waals surface area contributed by atoms with E-state index < -0.39 is 6.36 Å². The summed E-state index contributed by atoms with van der Waals surface area (Å²) >= 11 is 0. The predicted octanol–water partition coefficient (Wildman–Crippen LogP) is 5.06. The van der Waals surface area contributed by atoms with Gasteiger partial charge in [-0.05, 0) is 51.2 Å². The maximum Gasteiger partial charge on any atom is 0.573 e. The number of aromatic nitrogens is 2. The predicted molar refractivity (Wildman–Crippen MR) is 124 cm³/mol. The molecule has 3 aromatic rings. The first-order valence-corrected chi connectivity index (χ1v) is 10.7. The van der Waals surface area contributed by atoms with Crippen LogP contribution in [0.4, 0.5) is 24.9 Å². The third-order valence-electron chi connectivity index (χ3n) is 4.72. The number of hydrogen-bond donors (Lipinski definition) is 2. The van der Waals surface area contributed by atoms with Gasteiger partial charge in [0.25, 0.3) is 0 Å². The SMILES string of the molecule is CN(C)CCCNc1nc(NCCc2ccccc2)cc(-c2cccc(OC(F)(F)F)c2)n1. The highest BCUT2D eigenvalue weighted by molar-refractivity contribution is 5.66. The second kappa shape index (κ2) is 11.5. The molecule has 0 spiro atoms. The van der Waals surface area contributed by atoms with Crippen LogP contribution in [0.5, 0.6) is 5.75 Å². The van der Waals surface area contributed by atoms with Crippen molar-refractivity contribution in [2.75, 3.05) is 44.4 Å². The van der Waals surface area contributed by atoms with E-state index in [1.54, 1.807) is 12.1 Å². The molecule has 2 N–H and O–H groups in total. The molecule has 33 heavy (non-hydrogen) atoms. The van der Waals surface area contributed by atoms with Crippen molar-refractivity contribution < 1.29 is 17.9 Å². The average molecular weight is 460 g/mol. The molecule has 9 heteroatoms. The van der Waals surface area contributed by atoms with Crippen LogP contribution in [0.1, 0.15) is 12.0 Å². The lowest BCUT2D eigenvalue weighted by atomic mass is 10.1. The Labute approximate surface area is 191 Å². The highest BCUT2D eigenvalue weighted by Gasteiger charge is 2.31. The largest absolute Gasteiger partial charge is 0.573 e. The third kappa shape index (κ3) is 8.61. The Bertz CT molecular complexity index is 1010. The minimum atomic E-state index is -4.76. The molecule has 1 heterocycles. The molecule has 0 saturated heterocycles. The smallest absolute Gasteiger partial charge is 0.406 e. The zero-order valence-corrected chi connectivity index (χ0v) is 18.7. The number of ether oxygens (including phenoxy) is 1. The van der Waals surface area contributed by atoms with E-state index in [0.717, 1.165) is 19.4 Å². The van der Waals surface area contributed by atoms with E-state index in [2.05, 4.69) is 42.4 Å². The van der Waals surface area contributed by atoms with E-state index in [1.807, 2.05) is 32.3 Å². The van der Waals surface area contributed by atoms with Crippen molar-refractivity contribution in [1.29, 1.82) is 0 Å². The Morgan fingerprint density at radius 1 is 0.909 bits per heavy atom. The lowest BCUT2D eigenvalue weighted by Gasteiger charge is -2.14. The molecule has 0 atom stereocenters. The van der Waals surface area contributed by atoms with Crippen LogP contribution in [0.15, 0.2) is 60.7 Å². The van der Waals surface area contributed by atoms with Gasteiger partial charge in [-0.3, -0.25) is 0 Å².